The van der Waals surface area contributed by atoms with Crippen molar-refractivity contribution in [1.29, 1.82) is 0 Å². The molecular formula is C26H32Br2O5. The SMILES string of the molecule is CC(=O)[C@@H]1CC[C@@H](Oc2ccc(Br)cc2)C1.CC(=O)[C@@H]1CC[C@H](O)C1.Oc1ccc(Br)cc1. The number of aliphatic hydroxyl groups excluding tert-OH is 1. The Kier molecular flexibility index (Phi) is 11.6. The summed E-state index contributed by atoms with van der Waals surface area (Å²) < 4.78 is 7.87. The van der Waals surface area contributed by atoms with E-state index >= 15 is 0 Å². The first-order valence-electron chi connectivity index (χ1n) is 11.2. The van der Waals surface area contributed by atoms with Crippen LogP contribution in [0.5, 0.6) is 11.5 Å². The van der Waals surface area contributed by atoms with Crippen molar-refractivity contribution in [2.45, 2.75) is 64.6 Å². The van der Waals surface area contributed by atoms with Gasteiger partial charge < -0.3 is 14.9 Å². The molecule has 2 saturated carbocycles. The third-order valence-electron chi connectivity index (χ3n) is 5.88. The number of benzene rings is 2. The smallest absolute Gasteiger partial charge is 0.133 e. The van der Waals surface area contributed by atoms with Gasteiger partial charge in [0.15, 0.2) is 0 Å². The van der Waals surface area contributed by atoms with Gasteiger partial charge in [-0.25, -0.2) is 0 Å². The zero-order valence-electron chi connectivity index (χ0n) is 19.0. The third-order valence-corrected chi connectivity index (χ3v) is 6.94. The van der Waals surface area contributed by atoms with Gasteiger partial charge in [0.25, 0.3) is 0 Å². The van der Waals surface area contributed by atoms with Crippen LogP contribution in [0.3, 0.4) is 0 Å². The molecule has 7 heteroatoms. The Morgan fingerprint density at radius 3 is 1.67 bits per heavy atom. The number of halogens is 2. The van der Waals surface area contributed by atoms with Gasteiger partial charge in [0, 0.05) is 20.8 Å². The van der Waals surface area contributed by atoms with E-state index in [1.165, 1.54) is 0 Å². The molecular weight excluding hydrogens is 552 g/mol. The second kappa shape index (κ2) is 13.9. The Morgan fingerprint density at radius 1 is 0.788 bits per heavy atom. The average molecular weight is 584 g/mol. The fourth-order valence-electron chi connectivity index (χ4n) is 3.89. The molecule has 4 atom stereocenters. The molecule has 5 nitrogen and oxygen atoms in total. The van der Waals surface area contributed by atoms with Gasteiger partial charge in [0.05, 0.1) is 12.2 Å². The summed E-state index contributed by atoms with van der Waals surface area (Å²) in [5, 5.41) is 17.7. The first-order valence-corrected chi connectivity index (χ1v) is 12.8. The maximum Gasteiger partial charge on any atom is 0.133 e. The highest BCUT2D eigenvalue weighted by atomic mass is 79.9. The molecule has 0 radical (unpaired) electrons. The number of aromatic hydroxyl groups is 1. The van der Waals surface area contributed by atoms with Gasteiger partial charge in [-0.3, -0.25) is 9.59 Å². The Hall–Kier alpha value is -1.70. The molecule has 0 aliphatic heterocycles. The minimum absolute atomic E-state index is 0.153. The van der Waals surface area contributed by atoms with Gasteiger partial charge in [0.1, 0.15) is 23.1 Å². The summed E-state index contributed by atoms with van der Waals surface area (Å²) in [6.07, 6.45) is 5.20. The fourth-order valence-corrected chi connectivity index (χ4v) is 4.42. The molecule has 2 fully saturated rings. The molecule has 2 N–H and O–H groups in total. The summed E-state index contributed by atoms with van der Waals surface area (Å²) in [5.41, 5.74) is 0. The van der Waals surface area contributed by atoms with E-state index in [4.69, 9.17) is 14.9 Å². The lowest BCUT2D eigenvalue weighted by molar-refractivity contribution is -0.121. The van der Waals surface area contributed by atoms with Gasteiger partial charge in [-0.1, -0.05) is 31.9 Å². The molecule has 0 amide bonds. The second-order valence-corrected chi connectivity index (χ2v) is 10.4. The summed E-state index contributed by atoms with van der Waals surface area (Å²) in [6, 6.07) is 14.7. The highest BCUT2D eigenvalue weighted by Crippen LogP contribution is 2.30. The predicted octanol–water partition coefficient (Wildman–Crippen LogP) is 6.48. The van der Waals surface area contributed by atoms with E-state index in [1.54, 1.807) is 38.1 Å². The molecule has 33 heavy (non-hydrogen) atoms. The molecule has 2 aliphatic carbocycles. The lowest BCUT2D eigenvalue weighted by Gasteiger charge is -2.13. The molecule has 0 heterocycles. The highest BCUT2D eigenvalue weighted by molar-refractivity contribution is 9.10. The van der Waals surface area contributed by atoms with Crippen molar-refractivity contribution in [3.8, 4) is 11.5 Å². The van der Waals surface area contributed by atoms with Crippen molar-refractivity contribution in [3.05, 3.63) is 57.5 Å². The van der Waals surface area contributed by atoms with E-state index in [0.717, 1.165) is 46.8 Å². The summed E-state index contributed by atoms with van der Waals surface area (Å²) >= 11 is 6.62. The molecule has 2 aliphatic rings. The number of hydrogen-bond donors (Lipinski definition) is 2. The van der Waals surface area contributed by atoms with Gasteiger partial charge in [-0.15, -0.1) is 0 Å². The van der Waals surface area contributed by atoms with Crippen molar-refractivity contribution in [2.24, 2.45) is 11.8 Å². The largest absolute Gasteiger partial charge is 0.508 e. The van der Waals surface area contributed by atoms with E-state index in [9.17, 15) is 9.59 Å². The Labute approximate surface area is 212 Å². The number of phenolic OH excluding ortho intramolecular Hbond substituents is 1. The number of ether oxygens (including phenoxy) is 1. The summed E-state index contributed by atoms with van der Waals surface area (Å²) in [7, 11) is 0. The van der Waals surface area contributed by atoms with Crippen LogP contribution in [0.15, 0.2) is 57.5 Å². The van der Waals surface area contributed by atoms with Crippen LogP contribution in [0.4, 0.5) is 0 Å². The number of ketones is 2. The van der Waals surface area contributed by atoms with Gasteiger partial charge in [-0.05, 0) is 101 Å². The molecule has 2 aromatic rings. The maximum absolute atomic E-state index is 11.2. The number of carbonyl (C=O) groups is 2. The van der Waals surface area contributed by atoms with Crippen LogP contribution >= 0.6 is 31.9 Å². The van der Waals surface area contributed by atoms with Crippen LogP contribution < -0.4 is 4.74 Å². The van der Waals surface area contributed by atoms with E-state index in [-0.39, 0.29) is 29.8 Å². The Balaban J connectivity index is 0.000000192. The van der Waals surface area contributed by atoms with E-state index in [1.807, 2.05) is 24.3 Å². The molecule has 2 aromatic carbocycles. The molecule has 0 unspecified atom stereocenters. The molecule has 0 saturated heterocycles. The van der Waals surface area contributed by atoms with Crippen molar-refractivity contribution in [3.63, 3.8) is 0 Å². The Bertz CT molecular complexity index is 862. The number of aliphatic hydroxyl groups is 1. The van der Waals surface area contributed by atoms with Crippen LogP contribution in [0.2, 0.25) is 0 Å². The number of Topliss-reactive ketones (excluding diaryl/α,β-unsaturated/α-hetero) is 2. The first-order chi connectivity index (χ1) is 15.6. The van der Waals surface area contributed by atoms with Crippen LogP contribution in [0.25, 0.3) is 0 Å². The van der Waals surface area contributed by atoms with Crippen LogP contribution in [0.1, 0.15) is 52.4 Å². The second-order valence-electron chi connectivity index (χ2n) is 8.57. The first kappa shape index (κ1) is 27.5. The van der Waals surface area contributed by atoms with Gasteiger partial charge in [-0.2, -0.15) is 0 Å². The van der Waals surface area contributed by atoms with Crippen LogP contribution in [-0.4, -0.2) is 34.0 Å². The summed E-state index contributed by atoms with van der Waals surface area (Å²) in [4.78, 5) is 21.9. The van der Waals surface area contributed by atoms with E-state index in [2.05, 4.69) is 31.9 Å². The minimum atomic E-state index is -0.209. The van der Waals surface area contributed by atoms with E-state index in [0.29, 0.717) is 18.0 Å². The number of hydrogen-bond acceptors (Lipinski definition) is 5. The normalized spacial score (nSPS) is 23.5. The van der Waals surface area contributed by atoms with Crippen molar-refractivity contribution in [1.82, 2.24) is 0 Å². The average Bonchev–Trinajstić information content (AvgIpc) is 3.42. The minimum Gasteiger partial charge on any atom is -0.508 e. The zero-order chi connectivity index (χ0) is 24.4. The number of rotatable bonds is 4. The molecule has 180 valence electrons. The van der Waals surface area contributed by atoms with Gasteiger partial charge >= 0.3 is 0 Å². The third kappa shape index (κ3) is 10.4. The van der Waals surface area contributed by atoms with Gasteiger partial charge in [0.2, 0.25) is 0 Å². The van der Waals surface area contributed by atoms with Crippen molar-refractivity contribution >= 4 is 43.4 Å². The molecule has 0 aromatic heterocycles. The molecule has 0 spiro atoms. The number of carbonyl (C=O) groups excluding carboxylic acids is 2. The predicted molar refractivity (Wildman–Crippen MR) is 136 cm³/mol. The highest BCUT2D eigenvalue weighted by Gasteiger charge is 2.29. The van der Waals surface area contributed by atoms with E-state index < -0.39 is 0 Å². The lowest BCUT2D eigenvalue weighted by atomic mass is 10.0. The molecule has 4 rings (SSSR count). The lowest BCUT2D eigenvalue weighted by Crippen LogP contribution is -2.14. The summed E-state index contributed by atoms with van der Waals surface area (Å²) in [5.74, 6) is 2.07. The molecule has 0 bridgehead atoms. The standard InChI is InChI=1S/C13H15BrO2.C7H12O2.C6H5BrO/c1-9(15)10-2-5-13(8-10)16-12-6-3-11(14)4-7-12;1-5(8)6-2-3-7(9)4-6;7-5-1-3-6(8)4-2-5/h3-4,6-7,10,13H,2,5,8H2,1H3;6-7,9H,2-4H2,1H3;1-4,8H/t10-,13-;6-,7+;/m11./s1. The zero-order valence-corrected chi connectivity index (χ0v) is 22.2. The fraction of sp³-hybridized carbons (Fsp3) is 0.462. The van der Waals surface area contributed by atoms with Crippen LogP contribution in [-0.2, 0) is 9.59 Å². The Morgan fingerprint density at radius 2 is 1.27 bits per heavy atom. The topological polar surface area (TPSA) is 83.8 Å². The maximum atomic E-state index is 11.2. The van der Waals surface area contributed by atoms with Crippen molar-refractivity contribution in [2.75, 3.05) is 0 Å². The quantitative estimate of drug-likeness (QED) is 0.430. The summed E-state index contributed by atoms with van der Waals surface area (Å²) in [6.45, 7) is 3.27. The van der Waals surface area contributed by atoms with Crippen molar-refractivity contribution < 1.29 is 24.5 Å². The monoisotopic (exact) mass is 582 g/mol. The number of phenols is 1. The van der Waals surface area contributed by atoms with Crippen LogP contribution in [0, 0.1) is 11.8 Å².